The molecule has 0 unspecified atom stereocenters. The molecule has 0 radical (unpaired) electrons. The highest BCUT2D eigenvalue weighted by Crippen LogP contribution is 2.21. The average molecular weight is 668 g/mol. The minimum Gasteiger partial charge on any atom is -0.349 e. The lowest BCUT2D eigenvalue weighted by molar-refractivity contribution is 0.0938. The van der Waals surface area contributed by atoms with Gasteiger partial charge in [-0.25, -0.2) is 0 Å². The topological polar surface area (TPSA) is 147 Å². The van der Waals surface area contributed by atoms with Crippen LogP contribution in [0.3, 0.4) is 0 Å². The van der Waals surface area contributed by atoms with Crippen LogP contribution in [0.25, 0.3) is 10.8 Å². The predicted molar refractivity (Wildman–Crippen MR) is 188 cm³/mol. The van der Waals surface area contributed by atoms with Gasteiger partial charge in [0.05, 0.1) is 17.1 Å². The van der Waals surface area contributed by atoms with Gasteiger partial charge in [0.2, 0.25) is 0 Å². The van der Waals surface area contributed by atoms with Crippen LogP contribution in [0.5, 0.6) is 0 Å². The number of carbonyl (C=O) groups excluding carboxylic acids is 4. The highest BCUT2D eigenvalue weighted by Gasteiger charge is 2.20. The number of pyridine rings is 1. The third kappa shape index (κ3) is 7.45. The van der Waals surface area contributed by atoms with Crippen molar-refractivity contribution in [3.05, 3.63) is 96.1 Å². The summed E-state index contributed by atoms with van der Waals surface area (Å²) in [6.07, 6.45) is 6.60. The molecular formula is C34H37N9O4S. The molecule has 4 aromatic heterocycles. The first kappa shape index (κ1) is 32.6. The average Bonchev–Trinajstić information content (AvgIpc) is 3.76. The van der Waals surface area contributed by atoms with E-state index in [0.717, 1.165) is 41.9 Å². The van der Waals surface area contributed by atoms with Gasteiger partial charge in [-0.1, -0.05) is 24.3 Å². The lowest BCUT2D eigenvalue weighted by atomic mass is 10.1. The molecule has 0 atom stereocenters. The zero-order chi connectivity index (χ0) is 33.8. The maximum atomic E-state index is 13.2. The zero-order valence-electron chi connectivity index (χ0n) is 26.9. The Morgan fingerprint density at radius 1 is 0.688 bits per heavy atom. The zero-order valence-corrected chi connectivity index (χ0v) is 27.8. The summed E-state index contributed by atoms with van der Waals surface area (Å²) in [6.45, 7) is 3.42. The Bertz CT molecular complexity index is 2000. The van der Waals surface area contributed by atoms with Crippen molar-refractivity contribution in [3.63, 3.8) is 0 Å². The lowest BCUT2D eigenvalue weighted by Crippen LogP contribution is -2.39. The van der Waals surface area contributed by atoms with E-state index < -0.39 is 17.7 Å². The largest absolute Gasteiger partial charge is 0.349 e. The quantitative estimate of drug-likeness (QED) is 0.177. The fourth-order valence-corrected chi connectivity index (χ4v) is 6.59. The van der Waals surface area contributed by atoms with Gasteiger partial charge in [0.1, 0.15) is 22.8 Å². The second kappa shape index (κ2) is 14.2. The van der Waals surface area contributed by atoms with E-state index in [1.807, 2.05) is 36.0 Å². The minimum atomic E-state index is -0.419. The van der Waals surface area contributed by atoms with Gasteiger partial charge in [-0.2, -0.15) is 11.8 Å². The first-order valence-corrected chi connectivity index (χ1v) is 16.7. The van der Waals surface area contributed by atoms with Gasteiger partial charge >= 0.3 is 0 Å². The SMILES string of the molecule is Cn1cc(NC(=O)c2cc(NC(=O)c3cc(NC(=O)c4cc5ccccc5cn4)cn3C)cn2C)cc1C(=O)NCCN1CCSCC1. The van der Waals surface area contributed by atoms with Crippen LogP contribution in [0.2, 0.25) is 0 Å². The van der Waals surface area contributed by atoms with Gasteiger partial charge in [-0.05, 0) is 29.7 Å². The fraction of sp³-hybridized carbons (Fsp3) is 0.265. The van der Waals surface area contributed by atoms with Gasteiger partial charge < -0.3 is 35.0 Å². The van der Waals surface area contributed by atoms with E-state index in [4.69, 9.17) is 0 Å². The molecule has 1 saturated heterocycles. The lowest BCUT2D eigenvalue weighted by Gasteiger charge is -2.25. The summed E-state index contributed by atoms with van der Waals surface area (Å²) >= 11 is 1.95. The first-order chi connectivity index (χ1) is 23.1. The molecule has 1 fully saturated rings. The molecule has 1 aliphatic heterocycles. The number of carbonyl (C=O) groups is 4. The van der Waals surface area contributed by atoms with Crippen molar-refractivity contribution in [2.45, 2.75) is 0 Å². The monoisotopic (exact) mass is 667 g/mol. The van der Waals surface area contributed by atoms with E-state index in [2.05, 4.69) is 31.2 Å². The second-order valence-corrected chi connectivity index (χ2v) is 12.9. The Balaban J connectivity index is 1.05. The molecule has 48 heavy (non-hydrogen) atoms. The van der Waals surface area contributed by atoms with Crippen LogP contribution in [0.15, 0.2) is 73.3 Å². The van der Waals surface area contributed by atoms with Crippen molar-refractivity contribution in [1.82, 2.24) is 28.9 Å². The maximum absolute atomic E-state index is 13.2. The molecule has 5 heterocycles. The Kier molecular flexibility index (Phi) is 9.64. The van der Waals surface area contributed by atoms with Crippen LogP contribution in [0.4, 0.5) is 17.1 Å². The number of benzene rings is 1. The van der Waals surface area contributed by atoms with Gasteiger partial charge in [0.25, 0.3) is 23.6 Å². The highest BCUT2D eigenvalue weighted by molar-refractivity contribution is 7.99. The number of aromatic nitrogens is 4. The van der Waals surface area contributed by atoms with Crippen molar-refractivity contribution < 1.29 is 19.2 Å². The normalized spacial score (nSPS) is 13.3. The Morgan fingerprint density at radius 2 is 1.19 bits per heavy atom. The van der Waals surface area contributed by atoms with E-state index in [1.165, 1.54) is 0 Å². The van der Waals surface area contributed by atoms with Gasteiger partial charge in [-0.15, -0.1) is 0 Å². The number of hydrogen-bond acceptors (Lipinski definition) is 7. The van der Waals surface area contributed by atoms with Crippen LogP contribution in [-0.4, -0.2) is 84.9 Å². The fourth-order valence-electron chi connectivity index (χ4n) is 5.61. The molecule has 5 aromatic rings. The molecule has 14 heteroatoms. The third-order valence-corrected chi connectivity index (χ3v) is 9.11. The van der Waals surface area contributed by atoms with Crippen LogP contribution < -0.4 is 21.3 Å². The minimum absolute atomic E-state index is 0.206. The number of nitrogens with zero attached hydrogens (tertiary/aromatic N) is 5. The number of thioether (sulfide) groups is 1. The summed E-state index contributed by atoms with van der Waals surface area (Å²) in [4.78, 5) is 58.6. The molecular weight excluding hydrogens is 631 g/mol. The number of hydrogen-bond donors (Lipinski definition) is 4. The molecule has 1 aliphatic rings. The van der Waals surface area contributed by atoms with E-state index >= 15 is 0 Å². The molecule has 0 saturated carbocycles. The molecule has 0 bridgehead atoms. The van der Waals surface area contributed by atoms with Gasteiger partial charge in [0.15, 0.2) is 0 Å². The van der Waals surface area contributed by atoms with Crippen LogP contribution in [-0.2, 0) is 21.1 Å². The number of amides is 4. The summed E-state index contributed by atoms with van der Waals surface area (Å²) in [5.74, 6) is 0.814. The summed E-state index contributed by atoms with van der Waals surface area (Å²) < 4.78 is 4.88. The summed E-state index contributed by atoms with van der Waals surface area (Å²) in [7, 11) is 5.15. The number of anilines is 3. The molecule has 4 amide bonds. The molecule has 248 valence electrons. The number of aryl methyl sites for hydroxylation is 3. The smallest absolute Gasteiger partial charge is 0.274 e. The van der Waals surface area contributed by atoms with Crippen LogP contribution >= 0.6 is 11.8 Å². The Labute approximate surface area is 281 Å². The molecule has 13 nitrogen and oxygen atoms in total. The van der Waals surface area contributed by atoms with Gasteiger partial charge in [0, 0.05) is 89.0 Å². The highest BCUT2D eigenvalue weighted by atomic mass is 32.2. The van der Waals surface area contributed by atoms with Crippen molar-refractivity contribution in [2.75, 3.05) is 53.6 Å². The van der Waals surface area contributed by atoms with Crippen molar-refractivity contribution >= 4 is 63.2 Å². The number of rotatable bonds is 10. The van der Waals surface area contributed by atoms with E-state index in [1.54, 1.807) is 83.9 Å². The van der Waals surface area contributed by atoms with Crippen molar-refractivity contribution in [1.29, 1.82) is 0 Å². The first-order valence-electron chi connectivity index (χ1n) is 15.5. The predicted octanol–water partition coefficient (Wildman–Crippen LogP) is 3.79. The Morgan fingerprint density at radius 3 is 1.75 bits per heavy atom. The Hall–Kier alpha value is -5.34. The maximum Gasteiger partial charge on any atom is 0.274 e. The summed E-state index contributed by atoms with van der Waals surface area (Å²) in [5, 5.41) is 13.3. The molecule has 1 aromatic carbocycles. The van der Waals surface area contributed by atoms with Crippen molar-refractivity contribution in [2.24, 2.45) is 21.1 Å². The molecule has 0 spiro atoms. The molecule has 4 N–H and O–H groups in total. The molecule has 0 aliphatic carbocycles. The molecule has 6 rings (SSSR count). The number of nitrogens with one attached hydrogen (secondary N) is 4. The summed E-state index contributed by atoms with van der Waals surface area (Å²) in [6, 6.07) is 14.1. The number of fused-ring (bicyclic) bond motifs is 1. The van der Waals surface area contributed by atoms with E-state index in [-0.39, 0.29) is 11.6 Å². The summed E-state index contributed by atoms with van der Waals surface area (Å²) in [5.41, 5.74) is 2.64. The standard InChI is InChI=1S/C34H37N9O4S/c1-40-20-25(15-28(40)32(45)35-8-9-43-10-12-48-13-11-43)38-34(47)30-17-26(21-42(30)3)39-33(46)29-16-24(19-41(29)2)37-31(44)27-14-22-6-4-5-7-23(22)18-36-27/h4-7,14-21H,8-13H2,1-3H3,(H,35,45)(H,37,44)(H,38,47)(H,39,46). The third-order valence-electron chi connectivity index (χ3n) is 8.17. The van der Waals surface area contributed by atoms with Gasteiger partial charge in [-0.3, -0.25) is 29.1 Å². The van der Waals surface area contributed by atoms with Crippen LogP contribution in [0.1, 0.15) is 42.0 Å². The second-order valence-electron chi connectivity index (χ2n) is 11.7. The van der Waals surface area contributed by atoms with Crippen LogP contribution in [0, 0.1) is 0 Å². The van der Waals surface area contributed by atoms with E-state index in [0.29, 0.717) is 40.7 Å². The van der Waals surface area contributed by atoms with E-state index in [9.17, 15) is 19.2 Å². The van der Waals surface area contributed by atoms with Crippen molar-refractivity contribution in [3.8, 4) is 0 Å².